The second kappa shape index (κ2) is 7.81. The number of piperazine rings is 1. The average molecular weight is 467 g/mol. The third-order valence-electron chi connectivity index (χ3n) is 7.18. The number of ether oxygens (including phenoxy) is 1. The Bertz CT molecular complexity index is 1450. The average Bonchev–Trinajstić information content (AvgIpc) is 3.55. The molecule has 2 aromatic carbocycles. The molecule has 3 aliphatic heterocycles. The molecule has 9 nitrogen and oxygen atoms in total. The Labute approximate surface area is 201 Å². The van der Waals surface area contributed by atoms with Gasteiger partial charge in [0, 0.05) is 18.1 Å². The van der Waals surface area contributed by atoms with Gasteiger partial charge in [0.25, 0.3) is 5.91 Å². The number of nitriles is 1. The second-order valence-corrected chi connectivity index (χ2v) is 8.98. The highest BCUT2D eigenvalue weighted by Crippen LogP contribution is 2.43. The van der Waals surface area contributed by atoms with Crippen molar-refractivity contribution in [1.82, 2.24) is 14.8 Å². The number of amides is 4. The number of hydrogen-bond donors (Lipinski definition) is 0. The van der Waals surface area contributed by atoms with Crippen LogP contribution in [0.4, 0.5) is 10.5 Å². The Balaban J connectivity index is 1.30. The van der Waals surface area contributed by atoms with Gasteiger partial charge in [0.2, 0.25) is 5.91 Å². The Morgan fingerprint density at radius 1 is 1.20 bits per heavy atom. The number of urea groups is 1. The topological polar surface area (TPSA) is 107 Å². The molecule has 0 saturated carbocycles. The predicted molar refractivity (Wildman–Crippen MR) is 126 cm³/mol. The van der Waals surface area contributed by atoms with E-state index in [2.05, 4.69) is 11.1 Å². The smallest absolute Gasteiger partial charge is 0.332 e. The van der Waals surface area contributed by atoms with E-state index in [9.17, 15) is 19.6 Å². The fourth-order valence-corrected chi connectivity index (χ4v) is 5.67. The molecule has 0 spiro atoms. The van der Waals surface area contributed by atoms with E-state index in [1.165, 1.54) is 4.90 Å². The summed E-state index contributed by atoms with van der Waals surface area (Å²) < 4.78 is 5.25. The van der Waals surface area contributed by atoms with Crippen molar-refractivity contribution in [3.63, 3.8) is 0 Å². The van der Waals surface area contributed by atoms with Crippen LogP contribution < -0.4 is 9.64 Å². The molecule has 3 saturated heterocycles. The van der Waals surface area contributed by atoms with Gasteiger partial charge in [-0.15, -0.1) is 0 Å². The molecule has 2 bridgehead atoms. The van der Waals surface area contributed by atoms with Crippen LogP contribution in [-0.2, 0) is 16.0 Å². The van der Waals surface area contributed by atoms with Gasteiger partial charge in [-0.05, 0) is 48.4 Å². The zero-order valence-electron chi connectivity index (χ0n) is 18.9. The highest BCUT2D eigenvalue weighted by Gasteiger charge is 2.62. The molecule has 0 radical (unpaired) electrons. The monoisotopic (exact) mass is 467 g/mol. The number of carbonyl (C=O) groups is 3. The van der Waals surface area contributed by atoms with Crippen LogP contribution in [0.15, 0.2) is 54.7 Å². The summed E-state index contributed by atoms with van der Waals surface area (Å²) in [5.41, 5.74) is 2.06. The minimum Gasteiger partial charge on any atom is -0.497 e. The molecule has 4 heterocycles. The van der Waals surface area contributed by atoms with Gasteiger partial charge in [-0.3, -0.25) is 14.6 Å². The molecule has 0 N–H and O–H groups in total. The third kappa shape index (κ3) is 3.06. The molecular weight excluding hydrogens is 446 g/mol. The van der Waals surface area contributed by atoms with Crippen molar-refractivity contribution < 1.29 is 19.1 Å². The largest absolute Gasteiger partial charge is 0.497 e. The Morgan fingerprint density at radius 3 is 2.86 bits per heavy atom. The zero-order valence-corrected chi connectivity index (χ0v) is 18.9. The van der Waals surface area contributed by atoms with E-state index in [1.54, 1.807) is 47.4 Å². The summed E-state index contributed by atoms with van der Waals surface area (Å²) in [5, 5.41) is 9.99. The van der Waals surface area contributed by atoms with E-state index in [0.717, 1.165) is 5.56 Å². The number of hydrogen-bond acceptors (Lipinski definition) is 6. The summed E-state index contributed by atoms with van der Waals surface area (Å²) in [5.74, 6) is 0.258. The molecule has 9 heteroatoms. The van der Waals surface area contributed by atoms with Crippen molar-refractivity contribution in [3.8, 4) is 11.8 Å². The standard InChI is InChI=1S/C26H21N5O4/c1-35-18-5-2-4-15(10-18)11-22(32)29-14-17-12-21(29)24-25(33)31(26(34)30(17)24)20-8-7-16(13-27)23-19(20)6-3-9-28-23/h2-10,17,21,24H,11-12,14H2,1H3. The summed E-state index contributed by atoms with van der Waals surface area (Å²) >= 11 is 0. The van der Waals surface area contributed by atoms with Crippen LogP contribution in [0, 0.1) is 11.3 Å². The molecule has 6 rings (SSSR count). The van der Waals surface area contributed by atoms with Crippen molar-refractivity contribution in [3.05, 3.63) is 65.9 Å². The van der Waals surface area contributed by atoms with Gasteiger partial charge in [-0.25, -0.2) is 9.69 Å². The molecule has 3 unspecified atom stereocenters. The van der Waals surface area contributed by atoms with Crippen LogP contribution in [-0.4, -0.2) is 64.4 Å². The lowest BCUT2D eigenvalue weighted by atomic mass is 10.1. The normalized spacial score (nSPS) is 22.6. The number of benzene rings is 2. The molecule has 4 amide bonds. The van der Waals surface area contributed by atoms with Crippen molar-refractivity contribution in [1.29, 1.82) is 5.26 Å². The second-order valence-electron chi connectivity index (χ2n) is 8.98. The lowest BCUT2D eigenvalue weighted by molar-refractivity contribution is -0.135. The number of pyridine rings is 1. The molecule has 1 aromatic heterocycles. The van der Waals surface area contributed by atoms with Crippen LogP contribution in [0.25, 0.3) is 10.9 Å². The van der Waals surface area contributed by atoms with E-state index in [4.69, 9.17) is 4.74 Å². The summed E-state index contributed by atoms with van der Waals surface area (Å²) in [7, 11) is 1.58. The maximum atomic E-state index is 13.6. The van der Waals surface area contributed by atoms with Crippen molar-refractivity contribution in [2.45, 2.75) is 31.0 Å². The fourth-order valence-electron chi connectivity index (χ4n) is 5.67. The van der Waals surface area contributed by atoms with Crippen molar-refractivity contribution in [2.24, 2.45) is 0 Å². The minimum absolute atomic E-state index is 0.0721. The molecule has 3 fully saturated rings. The number of imide groups is 1. The Kier molecular flexibility index (Phi) is 4.71. The molecule has 35 heavy (non-hydrogen) atoms. The maximum absolute atomic E-state index is 13.6. The fraction of sp³-hybridized carbons (Fsp3) is 0.269. The number of fused-ring (bicyclic) bond motifs is 6. The van der Waals surface area contributed by atoms with Crippen molar-refractivity contribution >= 4 is 34.4 Å². The maximum Gasteiger partial charge on any atom is 0.332 e. The van der Waals surface area contributed by atoms with Gasteiger partial charge < -0.3 is 14.5 Å². The van der Waals surface area contributed by atoms with Crippen molar-refractivity contribution in [2.75, 3.05) is 18.6 Å². The number of nitrogens with zero attached hydrogens (tertiary/aromatic N) is 5. The number of rotatable bonds is 4. The third-order valence-corrected chi connectivity index (χ3v) is 7.18. The van der Waals surface area contributed by atoms with Crippen LogP contribution in [0.1, 0.15) is 17.5 Å². The Morgan fingerprint density at radius 2 is 2.06 bits per heavy atom. The van der Waals surface area contributed by atoms with Gasteiger partial charge in [0.15, 0.2) is 0 Å². The number of carbonyl (C=O) groups excluding carboxylic acids is 3. The van der Waals surface area contributed by atoms with E-state index >= 15 is 0 Å². The number of anilines is 1. The first-order chi connectivity index (χ1) is 17.0. The lowest BCUT2D eigenvalue weighted by Gasteiger charge is -2.35. The van der Waals surface area contributed by atoms with Gasteiger partial charge in [0.05, 0.1) is 42.4 Å². The van der Waals surface area contributed by atoms with Gasteiger partial charge in [-0.1, -0.05) is 12.1 Å². The number of aromatic nitrogens is 1. The van der Waals surface area contributed by atoms with Gasteiger partial charge >= 0.3 is 6.03 Å². The zero-order chi connectivity index (χ0) is 24.3. The van der Waals surface area contributed by atoms with Crippen LogP contribution in [0.2, 0.25) is 0 Å². The Hall–Kier alpha value is -4.45. The predicted octanol–water partition coefficient (Wildman–Crippen LogP) is 2.48. The summed E-state index contributed by atoms with van der Waals surface area (Å²) in [6.45, 7) is 0.409. The quantitative estimate of drug-likeness (QED) is 0.546. The van der Waals surface area contributed by atoms with Gasteiger partial charge in [-0.2, -0.15) is 5.26 Å². The molecule has 174 valence electrons. The summed E-state index contributed by atoms with van der Waals surface area (Å²) in [6.07, 6.45) is 2.37. The van der Waals surface area contributed by atoms with Crippen LogP contribution in [0.5, 0.6) is 5.75 Å². The first-order valence-electron chi connectivity index (χ1n) is 11.4. The summed E-state index contributed by atoms with van der Waals surface area (Å²) in [4.78, 5) is 49.1. The van der Waals surface area contributed by atoms with Crippen LogP contribution in [0.3, 0.4) is 0 Å². The molecule has 3 aromatic rings. The number of methoxy groups -OCH3 is 1. The molecule has 3 aliphatic rings. The summed E-state index contributed by atoms with van der Waals surface area (Å²) in [6, 6.07) is 14.5. The SMILES string of the molecule is COc1cccc(CC(=O)N2CC3CC2C2C(=O)N(c4ccc(C#N)c5ncccc45)C(=O)N32)c1. The molecule has 0 aliphatic carbocycles. The first-order valence-corrected chi connectivity index (χ1v) is 11.4. The number of likely N-dealkylation sites (tertiary alicyclic amines) is 1. The molecular formula is C26H21N5O4. The first kappa shape index (κ1) is 21.1. The van der Waals surface area contributed by atoms with E-state index in [1.807, 2.05) is 24.3 Å². The lowest BCUT2D eigenvalue weighted by Crippen LogP contribution is -2.55. The van der Waals surface area contributed by atoms with Gasteiger partial charge in [0.1, 0.15) is 17.9 Å². The minimum atomic E-state index is -0.710. The van der Waals surface area contributed by atoms with E-state index < -0.39 is 6.04 Å². The molecule has 3 atom stereocenters. The highest BCUT2D eigenvalue weighted by molar-refractivity contribution is 6.25. The van der Waals surface area contributed by atoms with E-state index in [0.29, 0.717) is 40.9 Å². The van der Waals surface area contributed by atoms with E-state index in [-0.39, 0.29) is 36.3 Å². The highest BCUT2D eigenvalue weighted by atomic mass is 16.5. The van der Waals surface area contributed by atoms with Crippen LogP contribution >= 0.6 is 0 Å².